The predicted octanol–water partition coefficient (Wildman–Crippen LogP) is 3.40. The minimum Gasteiger partial charge on any atom is -0.461 e. The van der Waals surface area contributed by atoms with E-state index >= 15 is 0 Å². The van der Waals surface area contributed by atoms with Crippen molar-refractivity contribution in [3.63, 3.8) is 0 Å². The molecule has 3 unspecified atom stereocenters. The van der Waals surface area contributed by atoms with E-state index in [1.165, 1.54) is 0 Å². The lowest BCUT2D eigenvalue weighted by atomic mass is 10.1. The van der Waals surface area contributed by atoms with Gasteiger partial charge in [0, 0.05) is 5.88 Å². The Morgan fingerprint density at radius 3 is 2.25 bits per heavy atom. The summed E-state index contributed by atoms with van der Waals surface area (Å²) in [6, 6.07) is 0. The summed E-state index contributed by atoms with van der Waals surface area (Å²) in [5.74, 6) is 0.334. The van der Waals surface area contributed by atoms with Crippen LogP contribution in [-0.4, -0.2) is 42.9 Å². The molecule has 3 atom stereocenters. The number of ether oxygens (including phenoxy) is 3. The molecule has 0 fully saturated rings. The normalized spacial score (nSPS) is 16.6. The van der Waals surface area contributed by atoms with Crippen LogP contribution in [0.25, 0.3) is 0 Å². The van der Waals surface area contributed by atoms with Crippen LogP contribution in [0.5, 0.6) is 0 Å². The quantitative estimate of drug-likeness (QED) is 0.458. The summed E-state index contributed by atoms with van der Waals surface area (Å²) in [6.45, 7) is 12.0. The summed E-state index contributed by atoms with van der Waals surface area (Å²) in [7, 11) is 0. The Morgan fingerprint density at radius 1 is 1.15 bits per heavy atom. The minimum absolute atomic E-state index is 0.119. The first kappa shape index (κ1) is 19.7. The summed E-state index contributed by atoms with van der Waals surface area (Å²) >= 11 is 5.71. The number of hydrogen-bond acceptors (Lipinski definition) is 4. The van der Waals surface area contributed by atoms with Crippen molar-refractivity contribution in [1.29, 1.82) is 0 Å². The molecule has 0 aliphatic heterocycles. The molecule has 4 nitrogen and oxygen atoms in total. The van der Waals surface area contributed by atoms with Crippen molar-refractivity contribution in [3.05, 3.63) is 0 Å². The van der Waals surface area contributed by atoms with Gasteiger partial charge >= 0.3 is 5.97 Å². The molecule has 0 aliphatic carbocycles. The van der Waals surface area contributed by atoms with Crippen LogP contribution in [-0.2, 0) is 19.0 Å². The maximum atomic E-state index is 12.0. The molecular formula is C15H29ClO4. The number of carbonyl (C=O) groups is 1. The number of carbonyl (C=O) groups excluding carboxylic acids is 1. The lowest BCUT2D eigenvalue weighted by molar-refractivity contribution is -0.173. The maximum absolute atomic E-state index is 12.0. The van der Waals surface area contributed by atoms with Gasteiger partial charge in [0.15, 0.2) is 5.60 Å². The highest BCUT2D eigenvalue weighted by Gasteiger charge is 2.31. The van der Waals surface area contributed by atoms with Gasteiger partial charge in [0.1, 0.15) is 6.61 Å². The molecule has 0 aromatic rings. The molecule has 0 heterocycles. The molecule has 0 spiro atoms. The number of hydrogen-bond donors (Lipinski definition) is 0. The van der Waals surface area contributed by atoms with Gasteiger partial charge in [-0.25, -0.2) is 4.79 Å². The van der Waals surface area contributed by atoms with E-state index in [9.17, 15) is 4.79 Å². The van der Waals surface area contributed by atoms with Crippen LogP contribution in [0, 0.1) is 5.92 Å². The first-order chi connectivity index (χ1) is 9.22. The van der Waals surface area contributed by atoms with Crippen LogP contribution in [0.3, 0.4) is 0 Å². The van der Waals surface area contributed by atoms with E-state index in [-0.39, 0.29) is 30.7 Å². The summed E-state index contributed by atoms with van der Waals surface area (Å²) in [5.41, 5.74) is -0.962. The lowest BCUT2D eigenvalue weighted by Gasteiger charge is -2.26. The zero-order chi connectivity index (χ0) is 15.8. The van der Waals surface area contributed by atoms with Gasteiger partial charge in [-0.15, -0.1) is 11.6 Å². The number of rotatable bonds is 10. The summed E-state index contributed by atoms with van der Waals surface area (Å²) in [4.78, 5) is 12.0. The Hall–Kier alpha value is -0.320. The fourth-order valence-electron chi connectivity index (χ4n) is 1.35. The molecule has 0 saturated carbocycles. The third-order valence-electron chi connectivity index (χ3n) is 2.97. The summed E-state index contributed by atoms with van der Waals surface area (Å²) in [6.07, 6.45) is 0.979. The Balaban J connectivity index is 4.11. The Kier molecular flexibility index (Phi) is 9.43. The van der Waals surface area contributed by atoms with Gasteiger partial charge in [0.05, 0.1) is 18.8 Å². The standard InChI is InChI=1S/C15H29ClO4/c1-7-12(3)20-13(4)10-18-14(17)15(5,6)19-9-11(2)8-16/h11-13H,7-10H2,1-6H3. The first-order valence-electron chi connectivity index (χ1n) is 7.25. The van der Waals surface area contributed by atoms with E-state index in [0.29, 0.717) is 12.5 Å². The number of halogens is 1. The molecule has 120 valence electrons. The summed E-state index contributed by atoms with van der Waals surface area (Å²) in [5, 5.41) is 0. The zero-order valence-corrected chi connectivity index (χ0v) is 14.3. The second-order valence-electron chi connectivity index (χ2n) is 5.84. The fraction of sp³-hybridized carbons (Fsp3) is 0.933. The van der Waals surface area contributed by atoms with Crippen LogP contribution in [0.2, 0.25) is 0 Å². The molecule has 0 saturated heterocycles. The number of alkyl halides is 1. The van der Waals surface area contributed by atoms with Crippen LogP contribution in [0.4, 0.5) is 0 Å². The summed E-state index contributed by atoms with van der Waals surface area (Å²) < 4.78 is 16.5. The van der Waals surface area contributed by atoms with Crippen LogP contribution < -0.4 is 0 Å². The third kappa shape index (κ3) is 8.08. The monoisotopic (exact) mass is 308 g/mol. The smallest absolute Gasteiger partial charge is 0.337 e. The molecule has 0 amide bonds. The van der Waals surface area contributed by atoms with Gasteiger partial charge < -0.3 is 14.2 Å². The van der Waals surface area contributed by atoms with E-state index in [0.717, 1.165) is 6.42 Å². The van der Waals surface area contributed by atoms with Crippen molar-refractivity contribution in [1.82, 2.24) is 0 Å². The SMILES string of the molecule is CCC(C)OC(C)COC(=O)C(C)(C)OCC(C)CCl. The van der Waals surface area contributed by atoms with Gasteiger partial charge in [-0.1, -0.05) is 13.8 Å². The molecule has 0 rings (SSSR count). The molecule has 20 heavy (non-hydrogen) atoms. The van der Waals surface area contributed by atoms with E-state index in [2.05, 4.69) is 6.92 Å². The van der Waals surface area contributed by atoms with Crippen molar-refractivity contribution in [2.24, 2.45) is 5.92 Å². The van der Waals surface area contributed by atoms with Crippen LogP contribution in [0.1, 0.15) is 48.0 Å². The van der Waals surface area contributed by atoms with E-state index < -0.39 is 5.60 Å². The van der Waals surface area contributed by atoms with Crippen molar-refractivity contribution >= 4 is 17.6 Å². The molecule has 0 N–H and O–H groups in total. The van der Waals surface area contributed by atoms with Crippen molar-refractivity contribution < 1.29 is 19.0 Å². The second kappa shape index (κ2) is 9.59. The average Bonchev–Trinajstić information content (AvgIpc) is 2.41. The highest BCUT2D eigenvalue weighted by Crippen LogP contribution is 2.15. The zero-order valence-electron chi connectivity index (χ0n) is 13.6. The van der Waals surface area contributed by atoms with E-state index in [4.69, 9.17) is 25.8 Å². The van der Waals surface area contributed by atoms with Gasteiger partial charge in [0.25, 0.3) is 0 Å². The van der Waals surface area contributed by atoms with Gasteiger partial charge in [-0.3, -0.25) is 0 Å². The van der Waals surface area contributed by atoms with Crippen molar-refractivity contribution in [2.75, 3.05) is 19.1 Å². The molecule has 0 radical (unpaired) electrons. The highest BCUT2D eigenvalue weighted by molar-refractivity contribution is 6.18. The van der Waals surface area contributed by atoms with E-state index in [1.54, 1.807) is 13.8 Å². The number of esters is 1. The Morgan fingerprint density at radius 2 is 1.75 bits per heavy atom. The predicted molar refractivity (Wildman–Crippen MR) is 81.2 cm³/mol. The largest absolute Gasteiger partial charge is 0.461 e. The van der Waals surface area contributed by atoms with E-state index in [1.807, 2.05) is 20.8 Å². The molecular weight excluding hydrogens is 280 g/mol. The molecule has 0 aliphatic rings. The van der Waals surface area contributed by atoms with Gasteiger partial charge in [-0.05, 0) is 40.0 Å². The fourth-order valence-corrected chi connectivity index (χ4v) is 1.44. The topological polar surface area (TPSA) is 44.8 Å². The maximum Gasteiger partial charge on any atom is 0.337 e. The molecule has 5 heteroatoms. The highest BCUT2D eigenvalue weighted by atomic mass is 35.5. The molecule has 0 aromatic heterocycles. The van der Waals surface area contributed by atoms with Crippen LogP contribution in [0.15, 0.2) is 0 Å². The van der Waals surface area contributed by atoms with Crippen molar-refractivity contribution in [3.8, 4) is 0 Å². The van der Waals surface area contributed by atoms with Crippen LogP contribution >= 0.6 is 11.6 Å². The Labute approximate surface area is 128 Å². The average molecular weight is 309 g/mol. The third-order valence-corrected chi connectivity index (χ3v) is 3.50. The molecule has 0 aromatic carbocycles. The van der Waals surface area contributed by atoms with Gasteiger partial charge in [-0.2, -0.15) is 0 Å². The van der Waals surface area contributed by atoms with Crippen molar-refractivity contribution in [2.45, 2.75) is 65.8 Å². The first-order valence-corrected chi connectivity index (χ1v) is 7.79. The molecule has 0 bridgehead atoms. The lowest BCUT2D eigenvalue weighted by Crippen LogP contribution is -2.39. The second-order valence-corrected chi connectivity index (χ2v) is 6.15. The minimum atomic E-state index is -0.962. The van der Waals surface area contributed by atoms with Gasteiger partial charge in [0.2, 0.25) is 0 Å². The Bertz CT molecular complexity index is 281.